The molecule has 0 bridgehead atoms. The second-order valence-corrected chi connectivity index (χ2v) is 5.46. The average molecular weight is 281 g/mol. The Balaban J connectivity index is 2.08. The van der Waals surface area contributed by atoms with E-state index in [0.29, 0.717) is 37.2 Å². The maximum Gasteiger partial charge on any atom is 0.253 e. The molecule has 5 heteroatoms. The molecule has 110 valence electrons. The van der Waals surface area contributed by atoms with Gasteiger partial charge >= 0.3 is 0 Å². The molecule has 1 fully saturated rings. The molecular formula is C15H20FNO3. The highest BCUT2D eigenvalue weighted by molar-refractivity contribution is 5.95. The first-order valence-electron chi connectivity index (χ1n) is 6.73. The normalized spacial score (nSPS) is 17.8. The van der Waals surface area contributed by atoms with E-state index in [4.69, 9.17) is 4.74 Å². The summed E-state index contributed by atoms with van der Waals surface area (Å²) >= 11 is 0. The third-order valence-electron chi connectivity index (χ3n) is 3.72. The lowest BCUT2D eigenvalue weighted by Gasteiger charge is -2.35. The molecule has 0 unspecified atom stereocenters. The van der Waals surface area contributed by atoms with Crippen LogP contribution in [0.15, 0.2) is 18.2 Å². The van der Waals surface area contributed by atoms with E-state index >= 15 is 0 Å². The summed E-state index contributed by atoms with van der Waals surface area (Å²) in [7, 11) is 1.65. The van der Waals surface area contributed by atoms with E-state index in [2.05, 4.69) is 0 Å². The molecule has 1 aromatic rings. The Morgan fingerprint density at radius 3 is 2.70 bits per heavy atom. The highest BCUT2D eigenvalue weighted by Gasteiger charge is 2.32. The van der Waals surface area contributed by atoms with Crippen LogP contribution in [0, 0.1) is 12.7 Å². The molecule has 20 heavy (non-hydrogen) atoms. The van der Waals surface area contributed by atoms with Crippen molar-refractivity contribution >= 4 is 5.91 Å². The predicted molar refractivity (Wildman–Crippen MR) is 73.1 cm³/mol. The first kappa shape index (κ1) is 14.9. The molecule has 1 aliphatic heterocycles. The summed E-state index contributed by atoms with van der Waals surface area (Å²) in [4.78, 5) is 13.8. The van der Waals surface area contributed by atoms with Gasteiger partial charge in [0.1, 0.15) is 5.82 Å². The van der Waals surface area contributed by atoms with Crippen LogP contribution in [-0.2, 0) is 4.74 Å². The van der Waals surface area contributed by atoms with Crippen molar-refractivity contribution in [1.82, 2.24) is 4.90 Å². The zero-order chi connectivity index (χ0) is 14.8. The molecule has 0 spiro atoms. The highest BCUT2D eigenvalue weighted by atomic mass is 19.1. The molecule has 0 aromatic heterocycles. The third-order valence-corrected chi connectivity index (χ3v) is 3.72. The fraction of sp³-hybridized carbons (Fsp3) is 0.533. The minimum absolute atomic E-state index is 0.206. The number of aliphatic hydroxyl groups is 1. The zero-order valence-electron chi connectivity index (χ0n) is 11.9. The van der Waals surface area contributed by atoms with Crippen LogP contribution >= 0.6 is 0 Å². The Morgan fingerprint density at radius 1 is 1.45 bits per heavy atom. The van der Waals surface area contributed by atoms with Gasteiger partial charge in [0.2, 0.25) is 0 Å². The van der Waals surface area contributed by atoms with Gasteiger partial charge < -0.3 is 14.7 Å². The van der Waals surface area contributed by atoms with Crippen molar-refractivity contribution in [2.45, 2.75) is 25.4 Å². The Labute approximate surface area is 118 Å². The number of halogens is 1. The average Bonchev–Trinajstić information content (AvgIpc) is 2.38. The number of aryl methyl sites for hydroxylation is 1. The number of carbonyl (C=O) groups excluding carboxylic acids is 1. The summed E-state index contributed by atoms with van der Waals surface area (Å²) in [5.74, 6) is -0.563. The van der Waals surface area contributed by atoms with Gasteiger partial charge in [0.25, 0.3) is 5.91 Å². The van der Waals surface area contributed by atoms with Crippen molar-refractivity contribution in [2.24, 2.45) is 0 Å². The molecule has 1 amide bonds. The molecule has 1 heterocycles. The highest BCUT2D eigenvalue weighted by Crippen LogP contribution is 2.22. The van der Waals surface area contributed by atoms with Gasteiger partial charge in [-0.05, 0) is 30.7 Å². The Morgan fingerprint density at radius 2 is 2.10 bits per heavy atom. The predicted octanol–water partition coefficient (Wildman–Crippen LogP) is 1.75. The van der Waals surface area contributed by atoms with E-state index in [9.17, 15) is 14.3 Å². The molecule has 1 saturated heterocycles. The summed E-state index contributed by atoms with van der Waals surface area (Å²) in [6.07, 6.45) is 1.04. The van der Waals surface area contributed by atoms with E-state index < -0.39 is 5.60 Å². The fourth-order valence-electron chi connectivity index (χ4n) is 2.50. The number of benzene rings is 1. The molecule has 2 rings (SSSR count). The fourth-order valence-corrected chi connectivity index (χ4v) is 2.50. The van der Waals surface area contributed by atoms with E-state index in [1.54, 1.807) is 14.0 Å². The summed E-state index contributed by atoms with van der Waals surface area (Å²) < 4.78 is 18.3. The Bertz CT molecular complexity index is 498. The van der Waals surface area contributed by atoms with Gasteiger partial charge in [-0.2, -0.15) is 0 Å². The van der Waals surface area contributed by atoms with Crippen molar-refractivity contribution < 1.29 is 19.0 Å². The number of ether oxygens (including phenoxy) is 1. The maximum absolute atomic E-state index is 13.1. The summed E-state index contributed by atoms with van der Waals surface area (Å²) in [6.45, 7) is 2.97. The van der Waals surface area contributed by atoms with Crippen LogP contribution in [0.2, 0.25) is 0 Å². The Hall–Kier alpha value is -1.46. The van der Waals surface area contributed by atoms with E-state index in [-0.39, 0.29) is 18.3 Å². The van der Waals surface area contributed by atoms with Gasteiger partial charge in [-0.1, -0.05) is 0 Å². The molecule has 1 N–H and O–H groups in total. The van der Waals surface area contributed by atoms with Crippen LogP contribution in [0.5, 0.6) is 0 Å². The molecule has 1 aromatic carbocycles. The second kappa shape index (κ2) is 5.89. The van der Waals surface area contributed by atoms with Crippen molar-refractivity contribution in [1.29, 1.82) is 0 Å². The number of likely N-dealkylation sites (N-methyl/N-ethyl adjacent to an activating group) is 1. The SMILES string of the molecule is Cc1cc(F)ccc1C(=O)N(C)CC1(O)CCOCC1. The third kappa shape index (κ3) is 3.35. The number of carbonyl (C=O) groups is 1. The topological polar surface area (TPSA) is 49.8 Å². The van der Waals surface area contributed by atoms with Gasteiger partial charge in [-0.25, -0.2) is 4.39 Å². The second-order valence-electron chi connectivity index (χ2n) is 5.46. The van der Waals surface area contributed by atoms with Crippen LogP contribution in [0.1, 0.15) is 28.8 Å². The molecule has 4 nitrogen and oxygen atoms in total. The number of hydrogen-bond acceptors (Lipinski definition) is 3. The van der Waals surface area contributed by atoms with E-state index in [1.807, 2.05) is 0 Å². The van der Waals surface area contributed by atoms with E-state index in [0.717, 1.165) is 0 Å². The van der Waals surface area contributed by atoms with Crippen LogP contribution in [0.3, 0.4) is 0 Å². The first-order valence-corrected chi connectivity index (χ1v) is 6.73. The van der Waals surface area contributed by atoms with Crippen LogP contribution < -0.4 is 0 Å². The van der Waals surface area contributed by atoms with E-state index in [1.165, 1.54) is 23.1 Å². The zero-order valence-corrected chi connectivity index (χ0v) is 11.9. The van der Waals surface area contributed by atoms with Crippen molar-refractivity contribution in [2.75, 3.05) is 26.8 Å². The largest absolute Gasteiger partial charge is 0.388 e. The smallest absolute Gasteiger partial charge is 0.253 e. The molecule has 0 atom stereocenters. The van der Waals surface area contributed by atoms with Crippen LogP contribution in [-0.4, -0.2) is 48.3 Å². The summed E-state index contributed by atoms with van der Waals surface area (Å²) in [5.41, 5.74) is 0.168. The minimum Gasteiger partial charge on any atom is -0.388 e. The maximum atomic E-state index is 13.1. The van der Waals surface area contributed by atoms with Crippen LogP contribution in [0.25, 0.3) is 0 Å². The minimum atomic E-state index is -0.892. The van der Waals surface area contributed by atoms with Gasteiger partial charge in [0.05, 0.1) is 5.60 Å². The van der Waals surface area contributed by atoms with Crippen molar-refractivity contribution in [3.63, 3.8) is 0 Å². The van der Waals surface area contributed by atoms with Crippen molar-refractivity contribution in [3.05, 3.63) is 35.1 Å². The van der Waals surface area contributed by atoms with Gasteiger partial charge in [0.15, 0.2) is 0 Å². The van der Waals surface area contributed by atoms with Gasteiger partial charge in [-0.3, -0.25) is 4.79 Å². The number of hydrogen-bond donors (Lipinski definition) is 1. The van der Waals surface area contributed by atoms with Gasteiger partial charge in [-0.15, -0.1) is 0 Å². The summed E-state index contributed by atoms with van der Waals surface area (Å²) in [6, 6.07) is 4.10. The molecule has 1 aliphatic rings. The standard InChI is InChI=1S/C15H20FNO3/c1-11-9-12(16)3-4-13(11)14(18)17(2)10-15(19)5-7-20-8-6-15/h3-4,9,19H,5-8,10H2,1-2H3. The lowest BCUT2D eigenvalue weighted by Crippen LogP contribution is -2.47. The molecule has 0 radical (unpaired) electrons. The lowest BCUT2D eigenvalue weighted by molar-refractivity contribution is -0.0734. The summed E-state index contributed by atoms with van der Waals surface area (Å²) in [5, 5.41) is 10.4. The number of amides is 1. The monoisotopic (exact) mass is 281 g/mol. The van der Waals surface area contributed by atoms with Gasteiger partial charge in [0, 0.05) is 45.2 Å². The number of rotatable bonds is 3. The molecule has 0 saturated carbocycles. The number of nitrogens with zero attached hydrogens (tertiary/aromatic N) is 1. The molecular weight excluding hydrogens is 261 g/mol. The first-order chi connectivity index (χ1) is 9.41. The van der Waals surface area contributed by atoms with Crippen molar-refractivity contribution in [3.8, 4) is 0 Å². The molecule has 0 aliphatic carbocycles. The lowest BCUT2D eigenvalue weighted by atomic mass is 9.93. The van der Waals surface area contributed by atoms with Crippen LogP contribution in [0.4, 0.5) is 4.39 Å². The Kier molecular flexibility index (Phi) is 4.40. The quantitative estimate of drug-likeness (QED) is 0.918.